The van der Waals surface area contributed by atoms with Gasteiger partial charge in [-0.3, -0.25) is 0 Å². The van der Waals surface area contributed by atoms with E-state index < -0.39 is 29.4 Å². The van der Waals surface area contributed by atoms with Crippen molar-refractivity contribution in [1.82, 2.24) is 0 Å². The summed E-state index contributed by atoms with van der Waals surface area (Å²) in [6.45, 7) is 8.76. The Morgan fingerprint density at radius 3 is 1.80 bits per heavy atom. The van der Waals surface area contributed by atoms with Crippen molar-refractivity contribution >= 4 is 6.08 Å². The third-order valence-corrected chi connectivity index (χ3v) is 14.1. The van der Waals surface area contributed by atoms with Gasteiger partial charge < -0.3 is 18.9 Å². The van der Waals surface area contributed by atoms with Crippen molar-refractivity contribution < 1.29 is 36.5 Å². The number of halogens is 4. The Bertz CT molecular complexity index is 1750. The van der Waals surface area contributed by atoms with E-state index in [1.165, 1.54) is 38.5 Å². The van der Waals surface area contributed by atoms with E-state index in [4.69, 9.17) is 25.4 Å². The van der Waals surface area contributed by atoms with Gasteiger partial charge in [0, 0.05) is 22.6 Å². The van der Waals surface area contributed by atoms with Crippen LogP contribution in [-0.2, 0) is 12.8 Å². The molecule has 2 fully saturated rings. The Balaban J connectivity index is 0.000000201. The van der Waals surface area contributed by atoms with Crippen LogP contribution < -0.4 is 18.9 Å². The standard InChI is InChI=1S/2C26H36F2O2/c1-3-5-6-8-19-13-14-20-21-15-16-22(18-11-9-17(7-4-2)10-12-18)30-26(21)24(28)23(27)25(20)29-19;1-4-7-8-10-21-16-15-20-17-23(24(27)25(28)26(20)29-21)30-22(6-3)19-13-11-18(9-5-2)12-14-19/h15-19,22H,3-14H2,1-2H3;3,17-19,21-22H,4-5,7-16H2,1-2H3. The highest BCUT2D eigenvalue weighted by molar-refractivity contribution is 5.68. The van der Waals surface area contributed by atoms with Crippen LogP contribution in [0.25, 0.3) is 6.08 Å². The molecule has 4 atom stereocenters. The number of hydrogen-bond acceptors (Lipinski definition) is 4. The number of fused-ring (bicyclic) bond motifs is 4. The molecule has 0 bridgehead atoms. The molecule has 0 N–H and O–H groups in total. The molecule has 5 aliphatic rings. The number of ether oxygens (including phenoxy) is 4. The van der Waals surface area contributed by atoms with Gasteiger partial charge in [0.2, 0.25) is 23.3 Å². The Kier molecular flexibility index (Phi) is 17.4. The van der Waals surface area contributed by atoms with Crippen molar-refractivity contribution in [3.8, 4) is 35.3 Å². The number of benzene rings is 2. The van der Waals surface area contributed by atoms with Gasteiger partial charge in [-0.15, -0.1) is 6.42 Å². The predicted octanol–water partition coefficient (Wildman–Crippen LogP) is 14.8. The first-order chi connectivity index (χ1) is 29.2. The lowest BCUT2D eigenvalue weighted by Crippen LogP contribution is -2.32. The fourth-order valence-electron chi connectivity index (χ4n) is 10.6. The van der Waals surface area contributed by atoms with Crippen molar-refractivity contribution in [3.05, 3.63) is 52.1 Å². The molecule has 2 aromatic rings. The molecule has 7 rings (SSSR count). The van der Waals surface area contributed by atoms with Gasteiger partial charge in [-0.2, -0.15) is 17.6 Å². The van der Waals surface area contributed by atoms with Crippen LogP contribution in [0.2, 0.25) is 0 Å². The molecule has 0 spiro atoms. The zero-order valence-corrected chi connectivity index (χ0v) is 37.0. The van der Waals surface area contributed by atoms with Crippen LogP contribution in [0.5, 0.6) is 23.0 Å². The second-order valence-corrected chi connectivity index (χ2v) is 18.5. The summed E-state index contributed by atoms with van der Waals surface area (Å²) in [5.41, 5.74) is 2.14. The minimum absolute atomic E-state index is 0.0180. The molecule has 2 aromatic carbocycles. The summed E-state index contributed by atoms with van der Waals surface area (Å²) in [6.07, 6.45) is 34.4. The molecule has 0 saturated heterocycles. The lowest BCUT2D eigenvalue weighted by molar-refractivity contribution is 0.117. The molecule has 4 unspecified atom stereocenters. The largest absolute Gasteiger partial charge is 0.487 e. The van der Waals surface area contributed by atoms with E-state index in [1.807, 2.05) is 6.08 Å². The number of rotatable bonds is 16. The number of hydrogen-bond donors (Lipinski definition) is 0. The summed E-state index contributed by atoms with van der Waals surface area (Å²) in [7, 11) is 0. The predicted molar refractivity (Wildman–Crippen MR) is 234 cm³/mol. The van der Waals surface area contributed by atoms with Crippen LogP contribution >= 0.6 is 0 Å². The Labute approximate surface area is 358 Å². The summed E-state index contributed by atoms with van der Waals surface area (Å²) in [5.74, 6) is 1.37. The third kappa shape index (κ3) is 11.4. The zero-order valence-electron chi connectivity index (χ0n) is 37.0. The maximum Gasteiger partial charge on any atom is 0.205 e. The van der Waals surface area contributed by atoms with E-state index in [0.29, 0.717) is 29.9 Å². The normalized spacial score (nSPS) is 26.1. The number of unbranched alkanes of at least 4 members (excludes halogenated alkanes) is 4. The average Bonchev–Trinajstić information content (AvgIpc) is 3.27. The monoisotopic (exact) mass is 837 g/mol. The van der Waals surface area contributed by atoms with Crippen LogP contribution in [-0.4, -0.2) is 24.4 Å². The number of terminal acetylenes is 1. The van der Waals surface area contributed by atoms with Crippen LogP contribution in [0.15, 0.2) is 12.1 Å². The lowest BCUT2D eigenvalue weighted by Gasteiger charge is -2.36. The van der Waals surface area contributed by atoms with Crippen molar-refractivity contribution in [3.63, 3.8) is 0 Å². The van der Waals surface area contributed by atoms with Gasteiger partial charge in [0.1, 0.15) is 6.10 Å². The molecule has 0 aromatic heterocycles. The molecular formula is C52H72F4O4. The third-order valence-electron chi connectivity index (χ3n) is 14.1. The Hall–Kier alpha value is -3.34. The first-order valence-corrected chi connectivity index (χ1v) is 24.0. The molecule has 4 nitrogen and oxygen atoms in total. The SMILES string of the molecule is C#CC(Oc1cc2c(c(F)c1F)OC(CCCCC)CC2)C1CCC(CCC)CC1.CCCCCC1CCc2c3c(c(F)c(F)c2O1)OC(C1CCC(CCC)CC1)C=C3. The highest BCUT2D eigenvalue weighted by Gasteiger charge is 2.36. The lowest BCUT2D eigenvalue weighted by atomic mass is 9.77. The van der Waals surface area contributed by atoms with E-state index in [0.717, 1.165) is 120 Å². The first kappa shape index (κ1) is 46.2. The molecule has 332 valence electrons. The van der Waals surface area contributed by atoms with Gasteiger partial charge in [0.25, 0.3) is 0 Å². The van der Waals surface area contributed by atoms with E-state index in [-0.39, 0.29) is 47.2 Å². The molecule has 60 heavy (non-hydrogen) atoms. The van der Waals surface area contributed by atoms with E-state index in [1.54, 1.807) is 6.07 Å². The average molecular weight is 837 g/mol. The van der Waals surface area contributed by atoms with Gasteiger partial charge in [-0.05, 0) is 107 Å². The Morgan fingerprint density at radius 1 is 0.633 bits per heavy atom. The summed E-state index contributed by atoms with van der Waals surface area (Å²) in [4.78, 5) is 0. The van der Waals surface area contributed by atoms with Gasteiger partial charge >= 0.3 is 0 Å². The minimum Gasteiger partial charge on any atom is -0.487 e. The summed E-state index contributed by atoms with van der Waals surface area (Å²) < 4.78 is 83.3. The van der Waals surface area contributed by atoms with Gasteiger partial charge in [0.05, 0.1) is 12.2 Å². The van der Waals surface area contributed by atoms with E-state index >= 15 is 0 Å². The van der Waals surface area contributed by atoms with Crippen molar-refractivity contribution in [2.75, 3.05) is 0 Å². The van der Waals surface area contributed by atoms with E-state index in [9.17, 15) is 17.6 Å². The zero-order chi connectivity index (χ0) is 42.6. The van der Waals surface area contributed by atoms with Crippen molar-refractivity contribution in [1.29, 1.82) is 0 Å². The Morgan fingerprint density at radius 2 is 1.20 bits per heavy atom. The molecule has 3 heterocycles. The summed E-state index contributed by atoms with van der Waals surface area (Å²) >= 11 is 0. The highest BCUT2D eigenvalue weighted by atomic mass is 19.2. The van der Waals surface area contributed by atoms with Crippen LogP contribution in [0.4, 0.5) is 17.6 Å². The minimum atomic E-state index is -0.983. The topological polar surface area (TPSA) is 36.9 Å². The molecule has 8 heteroatoms. The first-order valence-electron chi connectivity index (χ1n) is 24.0. The maximum absolute atomic E-state index is 15.0. The molecular weight excluding hydrogens is 765 g/mol. The quantitative estimate of drug-likeness (QED) is 0.0959. The van der Waals surface area contributed by atoms with Crippen molar-refractivity contribution in [2.45, 2.75) is 206 Å². The molecule has 0 radical (unpaired) electrons. The second-order valence-electron chi connectivity index (χ2n) is 18.5. The van der Waals surface area contributed by atoms with Crippen LogP contribution in [0, 0.1) is 59.3 Å². The second kappa shape index (κ2) is 22.7. The highest BCUT2D eigenvalue weighted by Crippen LogP contribution is 2.46. The maximum atomic E-state index is 15.0. The van der Waals surface area contributed by atoms with Crippen molar-refractivity contribution in [2.24, 2.45) is 23.7 Å². The van der Waals surface area contributed by atoms with Crippen LogP contribution in [0.1, 0.15) is 186 Å². The number of aryl methyl sites for hydroxylation is 1. The summed E-state index contributed by atoms with van der Waals surface area (Å²) in [6, 6.07) is 1.60. The molecule has 3 aliphatic heterocycles. The molecule has 2 saturated carbocycles. The molecule has 0 amide bonds. The van der Waals surface area contributed by atoms with E-state index in [2.05, 4.69) is 39.7 Å². The van der Waals surface area contributed by atoms with Crippen LogP contribution in [0.3, 0.4) is 0 Å². The fourth-order valence-corrected chi connectivity index (χ4v) is 10.6. The fraction of sp³-hybridized carbons (Fsp3) is 0.692. The summed E-state index contributed by atoms with van der Waals surface area (Å²) in [5, 5.41) is 0. The smallest absolute Gasteiger partial charge is 0.205 e. The van der Waals surface area contributed by atoms with Gasteiger partial charge in [-0.25, -0.2) is 0 Å². The van der Waals surface area contributed by atoms with Gasteiger partial charge in [-0.1, -0.05) is 117 Å². The molecule has 2 aliphatic carbocycles. The van der Waals surface area contributed by atoms with Gasteiger partial charge in [0.15, 0.2) is 29.1 Å².